The number of benzene rings is 1. The van der Waals surface area contributed by atoms with Gasteiger partial charge in [0.1, 0.15) is 17.1 Å². The minimum absolute atomic E-state index is 0.000402. The number of fused-ring (bicyclic) bond motifs is 1. The summed E-state index contributed by atoms with van der Waals surface area (Å²) in [5.41, 5.74) is 7.46. The number of aryl methyl sites for hydroxylation is 1. The van der Waals surface area contributed by atoms with Crippen LogP contribution in [-0.2, 0) is 17.6 Å². The van der Waals surface area contributed by atoms with Gasteiger partial charge in [-0.05, 0) is 128 Å². The van der Waals surface area contributed by atoms with E-state index in [1.807, 2.05) is 51.1 Å². The van der Waals surface area contributed by atoms with Crippen molar-refractivity contribution in [2.24, 2.45) is 0 Å². The summed E-state index contributed by atoms with van der Waals surface area (Å²) in [5, 5.41) is 13.1. The zero-order valence-electron chi connectivity index (χ0n) is 25.4. The van der Waals surface area contributed by atoms with Gasteiger partial charge in [0.05, 0.1) is 0 Å². The van der Waals surface area contributed by atoms with Gasteiger partial charge in [-0.1, -0.05) is 35.4 Å². The molecule has 0 spiro atoms. The molecule has 0 saturated carbocycles. The van der Waals surface area contributed by atoms with Gasteiger partial charge in [0.15, 0.2) is 0 Å². The first-order valence-electron chi connectivity index (χ1n) is 14.7. The molecule has 0 saturated heterocycles. The molecule has 40 heavy (non-hydrogen) atoms. The Balaban J connectivity index is 1.35. The highest BCUT2D eigenvalue weighted by atomic mass is 16.5. The van der Waals surface area contributed by atoms with Crippen LogP contribution < -0.4 is 10.1 Å². The Morgan fingerprint density at radius 2 is 1.75 bits per heavy atom. The maximum Gasteiger partial charge on any atom is 0.246 e. The number of phenolic OH excluding ortho intramolecular Hbond substituents is 1. The predicted octanol–water partition coefficient (Wildman–Crippen LogP) is 8.03. The molecule has 1 amide bonds. The standard InChI is InChI=1S/C35H48N2O3/c1-25(14-10-16-27(3)34(39)37-23-19-31-17-7-8-22-36-31)12-9-13-26(2)15-11-20-35(6)21-18-30-24-32(38)28(4)29(5)33(30)40-35/h7-8,12,15-17,22,24,38H,9-11,13-14,18-21,23H2,1-6H3,(H,37,39)/b25-12+,26-15+,27-16+. The van der Waals surface area contributed by atoms with Crippen LogP contribution in [0.2, 0.25) is 0 Å². The van der Waals surface area contributed by atoms with Crippen LogP contribution in [0.15, 0.2) is 65.4 Å². The Bertz CT molecular complexity index is 1240. The Labute approximate surface area is 241 Å². The van der Waals surface area contributed by atoms with E-state index in [-0.39, 0.29) is 11.5 Å². The van der Waals surface area contributed by atoms with Crippen molar-refractivity contribution >= 4 is 5.91 Å². The Morgan fingerprint density at radius 3 is 2.45 bits per heavy atom. The molecular weight excluding hydrogens is 496 g/mol. The number of rotatable bonds is 13. The molecule has 216 valence electrons. The first kappa shape index (κ1) is 31.2. The summed E-state index contributed by atoms with van der Waals surface area (Å²) in [5.74, 6) is 1.34. The lowest BCUT2D eigenvalue weighted by Crippen LogP contribution is -2.36. The lowest BCUT2D eigenvalue weighted by atomic mass is 9.87. The van der Waals surface area contributed by atoms with Gasteiger partial charge in [-0.25, -0.2) is 0 Å². The van der Waals surface area contributed by atoms with Crippen LogP contribution in [0.25, 0.3) is 0 Å². The molecule has 1 aromatic carbocycles. The highest BCUT2D eigenvalue weighted by Crippen LogP contribution is 2.41. The molecular formula is C35H48N2O3. The van der Waals surface area contributed by atoms with E-state index in [9.17, 15) is 9.90 Å². The zero-order chi connectivity index (χ0) is 29.1. The van der Waals surface area contributed by atoms with E-state index in [2.05, 4.69) is 43.2 Å². The minimum Gasteiger partial charge on any atom is -0.508 e. The fourth-order valence-electron chi connectivity index (χ4n) is 5.12. The van der Waals surface area contributed by atoms with Crippen molar-refractivity contribution in [2.45, 2.75) is 105 Å². The van der Waals surface area contributed by atoms with E-state index in [1.54, 1.807) is 6.20 Å². The minimum atomic E-state index is -0.171. The Morgan fingerprint density at radius 1 is 1.05 bits per heavy atom. The zero-order valence-corrected chi connectivity index (χ0v) is 25.4. The number of phenols is 1. The number of allylic oxidation sites excluding steroid dienone is 5. The van der Waals surface area contributed by atoms with Crippen LogP contribution in [0.5, 0.6) is 11.5 Å². The number of aromatic hydroxyl groups is 1. The number of amides is 1. The molecule has 1 aliphatic rings. The quantitative estimate of drug-likeness (QED) is 0.198. The second-order valence-corrected chi connectivity index (χ2v) is 11.6. The topological polar surface area (TPSA) is 71.5 Å². The van der Waals surface area contributed by atoms with Crippen molar-refractivity contribution in [3.05, 3.63) is 87.8 Å². The third-order valence-electron chi connectivity index (χ3n) is 8.10. The monoisotopic (exact) mass is 544 g/mol. The van der Waals surface area contributed by atoms with E-state index in [4.69, 9.17) is 4.74 Å². The van der Waals surface area contributed by atoms with Crippen LogP contribution in [0.3, 0.4) is 0 Å². The number of aromatic nitrogens is 1. The van der Waals surface area contributed by atoms with Crippen LogP contribution in [0.1, 0.15) is 95.0 Å². The highest BCUT2D eigenvalue weighted by Gasteiger charge is 2.32. The largest absolute Gasteiger partial charge is 0.508 e. The molecule has 1 atom stereocenters. The Kier molecular flexibility index (Phi) is 11.6. The summed E-state index contributed by atoms with van der Waals surface area (Å²) in [6.07, 6.45) is 17.1. The van der Waals surface area contributed by atoms with Crippen molar-refractivity contribution in [3.8, 4) is 11.5 Å². The van der Waals surface area contributed by atoms with E-state index >= 15 is 0 Å². The molecule has 2 N–H and O–H groups in total. The van der Waals surface area contributed by atoms with Gasteiger partial charge in [-0.2, -0.15) is 0 Å². The van der Waals surface area contributed by atoms with Gasteiger partial charge in [0.2, 0.25) is 5.91 Å². The van der Waals surface area contributed by atoms with E-state index in [1.165, 1.54) is 11.1 Å². The average molecular weight is 545 g/mol. The van der Waals surface area contributed by atoms with Crippen LogP contribution in [0.4, 0.5) is 0 Å². The van der Waals surface area contributed by atoms with Gasteiger partial charge in [0, 0.05) is 30.4 Å². The van der Waals surface area contributed by atoms with Gasteiger partial charge in [-0.15, -0.1) is 0 Å². The SMILES string of the molecule is C/C(=C\CC/C(C)=C/CCC1(C)CCc2cc(O)c(C)c(C)c2O1)CC/C=C(\C)C(=O)NCCc1ccccn1. The first-order chi connectivity index (χ1) is 19.1. The van der Waals surface area contributed by atoms with Gasteiger partial charge in [-0.3, -0.25) is 9.78 Å². The fraction of sp³-hybridized carbons (Fsp3) is 0.486. The van der Waals surface area contributed by atoms with Gasteiger partial charge in [0.25, 0.3) is 0 Å². The van der Waals surface area contributed by atoms with Crippen molar-refractivity contribution < 1.29 is 14.6 Å². The van der Waals surface area contributed by atoms with E-state index in [0.29, 0.717) is 12.3 Å². The first-order valence-corrected chi connectivity index (χ1v) is 14.7. The molecule has 0 fully saturated rings. The predicted molar refractivity (Wildman–Crippen MR) is 165 cm³/mol. The maximum absolute atomic E-state index is 12.3. The molecule has 1 aliphatic heterocycles. The third kappa shape index (κ3) is 9.39. The summed E-state index contributed by atoms with van der Waals surface area (Å²) < 4.78 is 6.50. The fourth-order valence-corrected chi connectivity index (χ4v) is 5.12. The number of ether oxygens (including phenoxy) is 1. The van der Waals surface area contributed by atoms with Crippen molar-refractivity contribution in [1.29, 1.82) is 0 Å². The van der Waals surface area contributed by atoms with Crippen molar-refractivity contribution in [3.63, 3.8) is 0 Å². The number of hydrogen-bond acceptors (Lipinski definition) is 4. The average Bonchev–Trinajstić information content (AvgIpc) is 2.93. The van der Waals surface area contributed by atoms with Crippen molar-refractivity contribution in [2.75, 3.05) is 6.54 Å². The molecule has 5 heteroatoms. The number of carbonyl (C=O) groups is 1. The summed E-state index contributed by atoms with van der Waals surface area (Å²) in [7, 11) is 0. The maximum atomic E-state index is 12.3. The molecule has 5 nitrogen and oxygen atoms in total. The van der Waals surface area contributed by atoms with Crippen molar-refractivity contribution in [1.82, 2.24) is 10.3 Å². The molecule has 3 rings (SSSR count). The summed E-state index contributed by atoms with van der Waals surface area (Å²) in [4.78, 5) is 16.6. The van der Waals surface area contributed by atoms with Crippen LogP contribution >= 0.6 is 0 Å². The molecule has 2 aromatic rings. The molecule has 0 bridgehead atoms. The number of nitrogens with one attached hydrogen (secondary N) is 1. The summed E-state index contributed by atoms with van der Waals surface area (Å²) in [6.45, 7) is 13.1. The summed E-state index contributed by atoms with van der Waals surface area (Å²) >= 11 is 0. The molecule has 2 heterocycles. The lowest BCUT2D eigenvalue weighted by Gasteiger charge is -2.37. The summed E-state index contributed by atoms with van der Waals surface area (Å²) in [6, 6.07) is 7.71. The number of nitrogens with zero attached hydrogens (tertiary/aromatic N) is 1. The highest BCUT2D eigenvalue weighted by molar-refractivity contribution is 5.92. The lowest BCUT2D eigenvalue weighted by molar-refractivity contribution is -0.117. The smallest absolute Gasteiger partial charge is 0.246 e. The Hall–Kier alpha value is -3.34. The molecule has 0 aliphatic carbocycles. The number of carbonyl (C=O) groups excluding carboxylic acids is 1. The van der Waals surface area contributed by atoms with Crippen LogP contribution in [-0.4, -0.2) is 28.1 Å². The third-order valence-corrected chi connectivity index (χ3v) is 8.10. The van der Waals surface area contributed by atoms with E-state index < -0.39 is 0 Å². The normalized spacial score (nSPS) is 17.8. The van der Waals surface area contributed by atoms with Gasteiger partial charge < -0.3 is 15.2 Å². The molecule has 0 radical (unpaired) electrons. The molecule has 1 unspecified atom stereocenters. The second-order valence-electron chi connectivity index (χ2n) is 11.6. The van der Waals surface area contributed by atoms with Gasteiger partial charge >= 0.3 is 0 Å². The number of pyridine rings is 1. The molecule has 1 aromatic heterocycles. The second kappa shape index (κ2) is 14.9. The number of hydrogen-bond donors (Lipinski definition) is 2. The van der Waals surface area contributed by atoms with E-state index in [0.717, 1.165) is 91.5 Å². The van der Waals surface area contributed by atoms with Crippen LogP contribution in [0, 0.1) is 13.8 Å².